The number of piperidine rings is 1. The highest BCUT2D eigenvalue weighted by Gasteiger charge is 2.26. The lowest BCUT2D eigenvalue weighted by atomic mass is 10.0. The number of carbonyl (C=O) groups excluding carboxylic acids is 1. The summed E-state index contributed by atoms with van der Waals surface area (Å²) < 4.78 is 40.8. The van der Waals surface area contributed by atoms with E-state index < -0.39 is 28.9 Å². The van der Waals surface area contributed by atoms with Crippen LogP contribution in [-0.4, -0.2) is 29.9 Å². The van der Waals surface area contributed by atoms with Crippen LogP contribution in [-0.2, 0) is 6.54 Å². The fourth-order valence-corrected chi connectivity index (χ4v) is 3.28. The molecule has 0 saturated carbocycles. The Morgan fingerprint density at radius 3 is 2.54 bits per heavy atom. The van der Waals surface area contributed by atoms with Crippen LogP contribution in [0.3, 0.4) is 0 Å². The van der Waals surface area contributed by atoms with E-state index in [1.165, 1.54) is 0 Å². The van der Waals surface area contributed by atoms with Gasteiger partial charge in [-0.15, -0.1) is 0 Å². The third-order valence-electron chi connectivity index (χ3n) is 4.43. The van der Waals surface area contributed by atoms with E-state index in [9.17, 15) is 18.0 Å². The van der Waals surface area contributed by atoms with Gasteiger partial charge in [-0.1, -0.05) is 23.7 Å². The number of likely N-dealkylation sites (tertiary alicyclic amines) is 1. The van der Waals surface area contributed by atoms with Crippen LogP contribution in [0.5, 0.6) is 0 Å². The van der Waals surface area contributed by atoms with Gasteiger partial charge in [-0.3, -0.25) is 9.69 Å². The lowest BCUT2D eigenvalue weighted by Gasteiger charge is -2.33. The quantitative estimate of drug-likeness (QED) is 0.806. The van der Waals surface area contributed by atoms with Gasteiger partial charge in [-0.2, -0.15) is 0 Å². The summed E-state index contributed by atoms with van der Waals surface area (Å²) in [6, 6.07) is 8.65. The second kappa shape index (κ2) is 8.10. The molecule has 1 atom stereocenters. The molecule has 1 heterocycles. The maximum absolute atomic E-state index is 13.8. The SMILES string of the molecule is O=C(NC1CCCN(Cc2ccc(Cl)cc2)C1)c1c(F)ccc(F)c1F. The Morgan fingerprint density at radius 1 is 1.12 bits per heavy atom. The smallest absolute Gasteiger partial charge is 0.257 e. The van der Waals surface area contributed by atoms with Crippen molar-refractivity contribution in [2.45, 2.75) is 25.4 Å². The maximum Gasteiger partial charge on any atom is 0.257 e. The first-order valence-electron chi connectivity index (χ1n) is 8.35. The Hall–Kier alpha value is -2.05. The fraction of sp³-hybridized carbons (Fsp3) is 0.316. The fourth-order valence-electron chi connectivity index (χ4n) is 3.16. The van der Waals surface area contributed by atoms with Crippen LogP contribution < -0.4 is 5.32 Å². The minimum absolute atomic E-state index is 0.259. The first-order chi connectivity index (χ1) is 12.4. The van der Waals surface area contributed by atoms with E-state index in [2.05, 4.69) is 10.2 Å². The van der Waals surface area contributed by atoms with Crippen molar-refractivity contribution in [3.63, 3.8) is 0 Å². The maximum atomic E-state index is 13.8. The van der Waals surface area contributed by atoms with E-state index in [0.717, 1.165) is 24.6 Å². The van der Waals surface area contributed by atoms with Crippen molar-refractivity contribution in [2.24, 2.45) is 0 Å². The van der Waals surface area contributed by atoms with E-state index in [0.29, 0.717) is 30.6 Å². The largest absolute Gasteiger partial charge is 0.348 e. The van der Waals surface area contributed by atoms with Crippen molar-refractivity contribution in [2.75, 3.05) is 13.1 Å². The predicted molar refractivity (Wildman–Crippen MR) is 93.5 cm³/mol. The zero-order valence-electron chi connectivity index (χ0n) is 13.9. The first kappa shape index (κ1) is 18.7. The third-order valence-corrected chi connectivity index (χ3v) is 4.68. The zero-order valence-corrected chi connectivity index (χ0v) is 14.7. The Labute approximate surface area is 154 Å². The molecule has 1 aliphatic rings. The van der Waals surface area contributed by atoms with Gasteiger partial charge in [-0.25, -0.2) is 13.2 Å². The number of carbonyl (C=O) groups is 1. The highest BCUT2D eigenvalue weighted by Crippen LogP contribution is 2.19. The van der Waals surface area contributed by atoms with Gasteiger partial charge >= 0.3 is 0 Å². The summed E-state index contributed by atoms with van der Waals surface area (Å²) in [4.78, 5) is 14.4. The molecule has 26 heavy (non-hydrogen) atoms. The second-order valence-electron chi connectivity index (χ2n) is 6.39. The van der Waals surface area contributed by atoms with Crippen LogP contribution in [0.1, 0.15) is 28.8 Å². The van der Waals surface area contributed by atoms with Crippen LogP contribution in [0.25, 0.3) is 0 Å². The number of benzene rings is 2. The molecular formula is C19H18ClF3N2O. The Balaban J connectivity index is 1.64. The van der Waals surface area contributed by atoms with Crippen molar-refractivity contribution in [1.29, 1.82) is 0 Å². The predicted octanol–water partition coefficient (Wildman–Crippen LogP) is 4.15. The molecule has 0 radical (unpaired) electrons. The number of nitrogens with one attached hydrogen (secondary N) is 1. The number of nitrogens with zero attached hydrogens (tertiary/aromatic N) is 1. The van der Waals surface area contributed by atoms with Crippen LogP contribution >= 0.6 is 11.6 Å². The van der Waals surface area contributed by atoms with Crippen LogP contribution in [0, 0.1) is 17.5 Å². The lowest BCUT2D eigenvalue weighted by Crippen LogP contribution is -2.47. The second-order valence-corrected chi connectivity index (χ2v) is 6.83. The normalized spacial score (nSPS) is 17.9. The minimum Gasteiger partial charge on any atom is -0.348 e. The summed E-state index contributed by atoms with van der Waals surface area (Å²) in [5, 5.41) is 3.28. The van der Waals surface area contributed by atoms with E-state index >= 15 is 0 Å². The van der Waals surface area contributed by atoms with Crippen molar-refractivity contribution in [3.8, 4) is 0 Å². The molecule has 1 saturated heterocycles. The van der Waals surface area contributed by atoms with Gasteiger partial charge in [-0.05, 0) is 49.2 Å². The van der Waals surface area contributed by atoms with Gasteiger partial charge < -0.3 is 5.32 Å². The first-order valence-corrected chi connectivity index (χ1v) is 8.73. The molecule has 3 rings (SSSR count). The number of hydrogen-bond donors (Lipinski definition) is 1. The molecule has 0 spiro atoms. The topological polar surface area (TPSA) is 32.3 Å². The number of rotatable bonds is 4. The summed E-state index contributed by atoms with van der Waals surface area (Å²) in [5.74, 6) is -4.71. The molecule has 1 fully saturated rings. The molecule has 0 aliphatic carbocycles. The Kier molecular flexibility index (Phi) is 5.84. The van der Waals surface area contributed by atoms with Gasteiger partial charge in [0.05, 0.1) is 0 Å². The molecule has 138 valence electrons. The molecule has 1 aliphatic heterocycles. The molecule has 0 bridgehead atoms. The highest BCUT2D eigenvalue weighted by molar-refractivity contribution is 6.30. The van der Waals surface area contributed by atoms with Gasteiger partial charge in [0.2, 0.25) is 0 Å². The molecule has 0 aromatic heterocycles. The van der Waals surface area contributed by atoms with Crippen molar-refractivity contribution in [3.05, 3.63) is 70.0 Å². The van der Waals surface area contributed by atoms with Gasteiger partial charge in [0, 0.05) is 24.2 Å². The van der Waals surface area contributed by atoms with E-state index in [-0.39, 0.29) is 6.04 Å². The van der Waals surface area contributed by atoms with Gasteiger partial charge in [0.25, 0.3) is 5.91 Å². The van der Waals surface area contributed by atoms with Crippen molar-refractivity contribution >= 4 is 17.5 Å². The van der Waals surface area contributed by atoms with Crippen LogP contribution in [0.4, 0.5) is 13.2 Å². The average Bonchev–Trinajstić information content (AvgIpc) is 2.61. The third kappa shape index (κ3) is 4.37. The van der Waals surface area contributed by atoms with Crippen molar-refractivity contribution < 1.29 is 18.0 Å². The molecule has 7 heteroatoms. The minimum atomic E-state index is -1.46. The Bertz CT molecular complexity index is 798. The zero-order chi connectivity index (χ0) is 18.7. The summed E-state index contributed by atoms with van der Waals surface area (Å²) in [7, 11) is 0. The lowest BCUT2D eigenvalue weighted by molar-refractivity contribution is 0.0891. The molecule has 1 N–H and O–H groups in total. The van der Waals surface area contributed by atoms with Gasteiger partial charge in [0.1, 0.15) is 11.4 Å². The molecule has 1 unspecified atom stereocenters. The standard InChI is InChI=1S/C19H18ClF3N2O/c20-13-5-3-12(4-6-13)10-25-9-1-2-14(11-25)24-19(26)17-15(21)7-8-16(22)18(17)23/h3-8,14H,1-2,9-11H2,(H,24,26). The van der Waals surface area contributed by atoms with Crippen LogP contribution in [0.15, 0.2) is 36.4 Å². The summed E-state index contributed by atoms with van der Waals surface area (Å²) in [6.45, 7) is 2.09. The number of halogens is 4. The Morgan fingerprint density at radius 2 is 1.81 bits per heavy atom. The van der Waals surface area contributed by atoms with E-state index in [4.69, 9.17) is 11.6 Å². The number of amides is 1. The molecule has 3 nitrogen and oxygen atoms in total. The average molecular weight is 383 g/mol. The highest BCUT2D eigenvalue weighted by atomic mass is 35.5. The molecule has 1 amide bonds. The number of hydrogen-bond acceptors (Lipinski definition) is 2. The summed E-state index contributed by atoms with van der Waals surface area (Å²) >= 11 is 5.88. The van der Waals surface area contributed by atoms with E-state index in [1.54, 1.807) is 0 Å². The summed E-state index contributed by atoms with van der Waals surface area (Å²) in [6.07, 6.45) is 1.54. The van der Waals surface area contributed by atoms with Gasteiger partial charge in [0.15, 0.2) is 11.6 Å². The molecular weight excluding hydrogens is 365 g/mol. The monoisotopic (exact) mass is 382 g/mol. The summed E-state index contributed by atoms with van der Waals surface area (Å²) in [5.41, 5.74) is 0.212. The van der Waals surface area contributed by atoms with Crippen molar-refractivity contribution in [1.82, 2.24) is 10.2 Å². The molecule has 2 aromatic carbocycles. The molecule has 2 aromatic rings. The van der Waals surface area contributed by atoms with E-state index in [1.807, 2.05) is 24.3 Å². The van der Waals surface area contributed by atoms with Crippen LogP contribution in [0.2, 0.25) is 5.02 Å².